The number of piperidine rings is 1. The number of ether oxygens (including phenoxy) is 2. The van der Waals surface area contributed by atoms with E-state index in [1.165, 1.54) is 44.0 Å². The van der Waals surface area contributed by atoms with Crippen LogP contribution in [0.2, 0.25) is 0 Å². The number of nitrogens with one attached hydrogen (secondary N) is 2. The minimum atomic E-state index is -0.462. The lowest BCUT2D eigenvalue weighted by Gasteiger charge is -2.30. The van der Waals surface area contributed by atoms with Gasteiger partial charge in [-0.25, -0.2) is 0 Å². The molecule has 0 radical (unpaired) electrons. The van der Waals surface area contributed by atoms with Crippen LogP contribution in [-0.2, 0) is 16.1 Å². The zero-order valence-electron chi connectivity index (χ0n) is 16.2. The van der Waals surface area contributed by atoms with Crippen LogP contribution in [0.3, 0.4) is 0 Å². The number of hydrogen-bond acceptors (Lipinski definition) is 5. The second-order valence-electron chi connectivity index (χ2n) is 7.42. The minimum absolute atomic E-state index is 0.0495. The monoisotopic (exact) mass is 390 g/mol. The molecule has 3 rings (SSSR count). The van der Waals surface area contributed by atoms with Gasteiger partial charge in [0, 0.05) is 42.3 Å². The second kappa shape index (κ2) is 9.66. The third-order valence-corrected chi connectivity index (χ3v) is 5.40. The summed E-state index contributed by atoms with van der Waals surface area (Å²) in [6.07, 6.45) is 7.79. The average Bonchev–Trinajstić information content (AvgIpc) is 2.70. The zero-order chi connectivity index (χ0) is 19.9. The minimum Gasteiger partial charge on any atom is -0.467 e. The number of rotatable bonds is 7. The molecule has 8 heteroatoms. The molecule has 0 aromatic heterocycles. The SMILES string of the molecule is C[C@@H]1CCCC[NH+]1CCCNC(=O)/C=C/c1cc([N+](=O)[O-])cc2c1OCOC2. The Morgan fingerprint density at radius 2 is 2.29 bits per heavy atom. The maximum atomic E-state index is 12.1. The first kappa shape index (κ1) is 20.3. The molecule has 2 aliphatic rings. The molecular weight excluding hydrogens is 362 g/mol. The number of nitro benzene ring substituents is 1. The highest BCUT2D eigenvalue weighted by atomic mass is 16.7. The van der Waals surface area contributed by atoms with E-state index in [-0.39, 0.29) is 25.0 Å². The van der Waals surface area contributed by atoms with Crippen LogP contribution in [0.5, 0.6) is 5.75 Å². The number of fused-ring (bicyclic) bond motifs is 1. The number of carbonyl (C=O) groups is 1. The molecule has 28 heavy (non-hydrogen) atoms. The lowest BCUT2D eigenvalue weighted by molar-refractivity contribution is -0.928. The van der Waals surface area contributed by atoms with Crippen LogP contribution < -0.4 is 15.0 Å². The molecule has 1 amide bonds. The Morgan fingerprint density at radius 1 is 1.43 bits per heavy atom. The van der Waals surface area contributed by atoms with E-state index in [1.54, 1.807) is 11.0 Å². The summed E-state index contributed by atoms with van der Waals surface area (Å²) in [6.45, 7) is 5.55. The van der Waals surface area contributed by atoms with Crippen molar-refractivity contribution in [3.05, 3.63) is 39.4 Å². The van der Waals surface area contributed by atoms with Crippen LogP contribution in [0.1, 0.15) is 43.7 Å². The number of hydrogen-bond donors (Lipinski definition) is 2. The Hall–Kier alpha value is -2.45. The average molecular weight is 390 g/mol. The van der Waals surface area contributed by atoms with Gasteiger partial charge in [-0.1, -0.05) is 0 Å². The maximum absolute atomic E-state index is 12.1. The molecule has 1 saturated heterocycles. The summed E-state index contributed by atoms with van der Waals surface area (Å²) in [6, 6.07) is 3.55. The summed E-state index contributed by atoms with van der Waals surface area (Å²) in [7, 11) is 0. The summed E-state index contributed by atoms with van der Waals surface area (Å²) in [5, 5.41) is 14.0. The van der Waals surface area contributed by atoms with Gasteiger partial charge in [0.2, 0.25) is 5.91 Å². The fraction of sp³-hybridized carbons (Fsp3) is 0.550. The Morgan fingerprint density at radius 3 is 3.07 bits per heavy atom. The number of amides is 1. The molecule has 152 valence electrons. The van der Waals surface area contributed by atoms with Crippen molar-refractivity contribution < 1.29 is 24.1 Å². The second-order valence-corrected chi connectivity index (χ2v) is 7.42. The highest BCUT2D eigenvalue weighted by molar-refractivity contribution is 5.92. The summed E-state index contributed by atoms with van der Waals surface area (Å²) in [5.41, 5.74) is 1.07. The molecule has 0 aliphatic carbocycles. The standard InChI is InChI=1S/C20H27N3O5/c1-15-5-2-3-9-22(15)10-4-8-21-19(24)7-6-16-11-18(23(25)26)12-17-13-27-14-28-20(16)17/h6-7,11-12,15H,2-5,8-10,13-14H2,1H3,(H,21,24)/p+1/b7-6+/t15-/m1/s1. The molecule has 8 nitrogen and oxygen atoms in total. The molecule has 0 spiro atoms. The van der Waals surface area contributed by atoms with E-state index in [0.717, 1.165) is 13.0 Å². The summed E-state index contributed by atoms with van der Waals surface area (Å²) >= 11 is 0. The molecular formula is C20H28N3O5+. The fourth-order valence-electron chi connectivity index (χ4n) is 3.84. The summed E-state index contributed by atoms with van der Waals surface area (Å²) in [4.78, 5) is 24.4. The predicted molar refractivity (Wildman–Crippen MR) is 104 cm³/mol. The van der Waals surface area contributed by atoms with E-state index in [2.05, 4.69) is 12.2 Å². The van der Waals surface area contributed by atoms with Crippen LogP contribution in [-0.4, -0.2) is 43.3 Å². The van der Waals surface area contributed by atoms with Crippen LogP contribution in [0, 0.1) is 10.1 Å². The first-order valence-corrected chi connectivity index (χ1v) is 9.87. The first-order valence-electron chi connectivity index (χ1n) is 9.87. The Kier molecular flexibility index (Phi) is 7.00. The number of non-ortho nitro benzene ring substituents is 1. The number of nitro groups is 1. The summed E-state index contributed by atoms with van der Waals surface area (Å²) < 4.78 is 10.7. The molecule has 0 bridgehead atoms. The van der Waals surface area contributed by atoms with E-state index in [9.17, 15) is 14.9 Å². The lowest BCUT2D eigenvalue weighted by Crippen LogP contribution is -3.16. The van der Waals surface area contributed by atoms with Crippen molar-refractivity contribution in [2.75, 3.05) is 26.4 Å². The van der Waals surface area contributed by atoms with Crippen molar-refractivity contribution in [2.24, 2.45) is 0 Å². The van der Waals surface area contributed by atoms with Crippen LogP contribution in [0.4, 0.5) is 5.69 Å². The van der Waals surface area contributed by atoms with Crippen LogP contribution in [0.25, 0.3) is 6.08 Å². The third-order valence-electron chi connectivity index (χ3n) is 5.40. The smallest absolute Gasteiger partial charge is 0.270 e. The lowest BCUT2D eigenvalue weighted by atomic mass is 10.0. The number of quaternary nitrogens is 1. The molecule has 2 atom stereocenters. The van der Waals surface area contributed by atoms with Crippen molar-refractivity contribution in [1.29, 1.82) is 0 Å². The molecule has 1 aromatic carbocycles. The first-order chi connectivity index (χ1) is 13.5. The van der Waals surface area contributed by atoms with Gasteiger partial charge in [-0.05, 0) is 32.3 Å². The number of nitrogens with zero attached hydrogens (tertiary/aromatic N) is 1. The quantitative estimate of drug-likeness (QED) is 0.318. The largest absolute Gasteiger partial charge is 0.467 e. The topological polar surface area (TPSA) is 95.1 Å². The van der Waals surface area contributed by atoms with Crippen molar-refractivity contribution in [3.8, 4) is 5.75 Å². The number of benzene rings is 1. The van der Waals surface area contributed by atoms with Crippen molar-refractivity contribution >= 4 is 17.7 Å². The van der Waals surface area contributed by atoms with Gasteiger partial charge in [-0.2, -0.15) is 0 Å². The molecule has 2 aliphatic heterocycles. The number of likely N-dealkylation sites (tertiary alicyclic amines) is 1. The van der Waals surface area contributed by atoms with Crippen molar-refractivity contribution in [3.63, 3.8) is 0 Å². The van der Waals surface area contributed by atoms with Crippen LogP contribution in [0.15, 0.2) is 18.2 Å². The normalized spacial score (nSPS) is 21.8. The predicted octanol–water partition coefficient (Wildman–Crippen LogP) is 1.44. The molecule has 2 heterocycles. The van der Waals surface area contributed by atoms with E-state index in [1.807, 2.05) is 0 Å². The maximum Gasteiger partial charge on any atom is 0.270 e. The van der Waals surface area contributed by atoms with Gasteiger partial charge in [0.1, 0.15) is 5.75 Å². The van der Waals surface area contributed by atoms with Gasteiger partial charge in [0.15, 0.2) is 6.79 Å². The van der Waals surface area contributed by atoms with Gasteiger partial charge in [-0.3, -0.25) is 14.9 Å². The molecule has 2 N–H and O–H groups in total. The van der Waals surface area contributed by atoms with E-state index in [0.29, 0.717) is 29.5 Å². The van der Waals surface area contributed by atoms with Gasteiger partial charge in [0.05, 0.1) is 30.7 Å². The molecule has 1 unspecified atom stereocenters. The van der Waals surface area contributed by atoms with Crippen molar-refractivity contribution in [1.82, 2.24) is 5.32 Å². The van der Waals surface area contributed by atoms with Gasteiger partial charge >= 0.3 is 0 Å². The van der Waals surface area contributed by atoms with Gasteiger partial charge in [0.25, 0.3) is 5.69 Å². The fourth-order valence-corrected chi connectivity index (χ4v) is 3.84. The Labute approximate surface area is 164 Å². The highest BCUT2D eigenvalue weighted by Gasteiger charge is 2.21. The van der Waals surface area contributed by atoms with E-state index >= 15 is 0 Å². The summed E-state index contributed by atoms with van der Waals surface area (Å²) in [5.74, 6) is 0.317. The highest BCUT2D eigenvalue weighted by Crippen LogP contribution is 2.33. The third kappa shape index (κ3) is 5.30. The number of carbonyl (C=O) groups excluding carboxylic acids is 1. The Bertz CT molecular complexity index is 750. The molecule has 1 aromatic rings. The van der Waals surface area contributed by atoms with E-state index < -0.39 is 4.92 Å². The van der Waals surface area contributed by atoms with Gasteiger partial charge < -0.3 is 19.7 Å². The Balaban J connectivity index is 1.53. The van der Waals surface area contributed by atoms with Crippen molar-refractivity contribution in [2.45, 2.75) is 45.3 Å². The van der Waals surface area contributed by atoms with Gasteiger partial charge in [-0.15, -0.1) is 0 Å². The van der Waals surface area contributed by atoms with Crippen LogP contribution >= 0.6 is 0 Å². The zero-order valence-corrected chi connectivity index (χ0v) is 16.2. The molecule has 0 saturated carbocycles. The molecule has 1 fully saturated rings. The van der Waals surface area contributed by atoms with E-state index in [4.69, 9.17) is 9.47 Å².